The summed E-state index contributed by atoms with van der Waals surface area (Å²) in [6.45, 7) is 4.39. The van der Waals surface area contributed by atoms with E-state index in [4.69, 9.17) is 0 Å². The molecule has 3 rings (SSSR count). The number of aromatic nitrogens is 2. The number of nitrogens with zero attached hydrogens (tertiary/aromatic N) is 2. The van der Waals surface area contributed by atoms with Crippen LogP contribution in [0.4, 0.5) is 5.69 Å². The molecule has 0 amide bonds. The normalized spacial score (nSPS) is 16.9. The minimum atomic E-state index is 0.991. The van der Waals surface area contributed by atoms with E-state index in [9.17, 15) is 0 Å². The zero-order chi connectivity index (χ0) is 11.0. The van der Waals surface area contributed by atoms with Crippen LogP contribution in [0.5, 0.6) is 0 Å². The zero-order valence-corrected chi connectivity index (χ0v) is 9.66. The lowest BCUT2D eigenvalue weighted by Crippen LogP contribution is -2.29. The summed E-state index contributed by atoms with van der Waals surface area (Å²) < 4.78 is 0. The summed E-state index contributed by atoms with van der Waals surface area (Å²) in [5.41, 5.74) is 3.55. The van der Waals surface area contributed by atoms with Crippen molar-refractivity contribution in [3.8, 4) is 0 Å². The van der Waals surface area contributed by atoms with E-state index < -0.39 is 0 Å². The van der Waals surface area contributed by atoms with Gasteiger partial charge >= 0.3 is 0 Å². The number of piperidine rings is 1. The Hall–Kier alpha value is -1.51. The first kappa shape index (κ1) is 9.70. The van der Waals surface area contributed by atoms with Crippen molar-refractivity contribution in [3.63, 3.8) is 0 Å². The van der Waals surface area contributed by atoms with Crippen molar-refractivity contribution < 1.29 is 0 Å². The standard InChI is InChI=1S/C13H17N3/c1-10-14-12-6-5-11(9-13(12)15-10)16-7-3-2-4-8-16/h5-6,9H,2-4,7-8H2,1H3,(H,14,15). The lowest BCUT2D eigenvalue weighted by Gasteiger charge is -2.28. The van der Waals surface area contributed by atoms with Gasteiger partial charge in [-0.2, -0.15) is 0 Å². The van der Waals surface area contributed by atoms with Gasteiger partial charge in [-0.3, -0.25) is 0 Å². The highest BCUT2D eigenvalue weighted by Crippen LogP contribution is 2.23. The van der Waals surface area contributed by atoms with Crippen LogP contribution in [0.3, 0.4) is 0 Å². The Morgan fingerprint density at radius 1 is 1.19 bits per heavy atom. The molecule has 0 saturated carbocycles. The summed E-state index contributed by atoms with van der Waals surface area (Å²) in [7, 11) is 0. The van der Waals surface area contributed by atoms with Gasteiger partial charge in [0.05, 0.1) is 11.0 Å². The first-order valence-corrected chi connectivity index (χ1v) is 6.04. The predicted octanol–water partition coefficient (Wildman–Crippen LogP) is 2.86. The molecule has 0 atom stereocenters. The first-order valence-electron chi connectivity index (χ1n) is 6.04. The summed E-state index contributed by atoms with van der Waals surface area (Å²) in [5, 5.41) is 0. The van der Waals surface area contributed by atoms with E-state index in [0.29, 0.717) is 0 Å². The van der Waals surface area contributed by atoms with Crippen LogP contribution >= 0.6 is 0 Å². The Kier molecular flexibility index (Phi) is 2.31. The summed E-state index contributed by atoms with van der Waals surface area (Å²) in [5.74, 6) is 0.991. The number of H-pyrrole nitrogens is 1. The second kappa shape index (κ2) is 3.81. The molecule has 2 heterocycles. The molecule has 1 fully saturated rings. The molecule has 1 saturated heterocycles. The molecule has 3 heteroatoms. The highest BCUT2D eigenvalue weighted by molar-refractivity contribution is 5.79. The Labute approximate surface area is 95.5 Å². The fourth-order valence-corrected chi connectivity index (χ4v) is 2.47. The van der Waals surface area contributed by atoms with Gasteiger partial charge in [0.15, 0.2) is 0 Å². The summed E-state index contributed by atoms with van der Waals surface area (Å²) in [6, 6.07) is 6.53. The molecule has 0 aliphatic carbocycles. The van der Waals surface area contributed by atoms with Crippen LogP contribution in [-0.4, -0.2) is 23.1 Å². The Bertz CT molecular complexity index is 495. The van der Waals surface area contributed by atoms with Gasteiger partial charge in [-0.05, 0) is 44.4 Å². The van der Waals surface area contributed by atoms with Crippen LogP contribution in [0.2, 0.25) is 0 Å². The van der Waals surface area contributed by atoms with Crippen molar-refractivity contribution in [2.75, 3.05) is 18.0 Å². The molecule has 0 spiro atoms. The Morgan fingerprint density at radius 2 is 2.00 bits per heavy atom. The third-order valence-electron chi connectivity index (χ3n) is 3.31. The van der Waals surface area contributed by atoms with Crippen molar-refractivity contribution in [2.24, 2.45) is 0 Å². The molecule has 2 aromatic rings. The molecular formula is C13H17N3. The number of aromatic amines is 1. The molecule has 1 aliphatic heterocycles. The second-order valence-corrected chi connectivity index (χ2v) is 4.57. The van der Waals surface area contributed by atoms with Gasteiger partial charge in [0.25, 0.3) is 0 Å². The maximum Gasteiger partial charge on any atom is 0.104 e. The number of hydrogen-bond donors (Lipinski definition) is 1. The molecule has 0 unspecified atom stereocenters. The number of fused-ring (bicyclic) bond motifs is 1. The van der Waals surface area contributed by atoms with Crippen LogP contribution in [0.15, 0.2) is 18.2 Å². The summed E-state index contributed by atoms with van der Waals surface area (Å²) in [6.07, 6.45) is 4.02. The lowest BCUT2D eigenvalue weighted by molar-refractivity contribution is 0.578. The molecule has 0 radical (unpaired) electrons. The monoisotopic (exact) mass is 215 g/mol. The van der Waals surface area contributed by atoms with Crippen molar-refractivity contribution in [3.05, 3.63) is 24.0 Å². The third kappa shape index (κ3) is 1.66. The van der Waals surface area contributed by atoms with Crippen molar-refractivity contribution in [1.82, 2.24) is 9.97 Å². The van der Waals surface area contributed by atoms with E-state index in [-0.39, 0.29) is 0 Å². The number of benzene rings is 1. The van der Waals surface area contributed by atoms with Gasteiger partial charge in [0.1, 0.15) is 5.82 Å². The van der Waals surface area contributed by atoms with Crippen LogP contribution in [-0.2, 0) is 0 Å². The minimum Gasteiger partial charge on any atom is -0.371 e. The van der Waals surface area contributed by atoms with Gasteiger partial charge < -0.3 is 9.88 Å². The summed E-state index contributed by atoms with van der Waals surface area (Å²) >= 11 is 0. The quantitative estimate of drug-likeness (QED) is 0.793. The van der Waals surface area contributed by atoms with Crippen molar-refractivity contribution >= 4 is 16.7 Å². The lowest BCUT2D eigenvalue weighted by atomic mass is 10.1. The SMILES string of the molecule is Cc1nc2ccc(N3CCCCC3)cc2[nH]1. The van der Waals surface area contributed by atoms with Crippen LogP contribution in [0.1, 0.15) is 25.1 Å². The number of nitrogens with one attached hydrogen (secondary N) is 1. The van der Waals surface area contributed by atoms with E-state index in [2.05, 4.69) is 33.1 Å². The number of imidazole rings is 1. The average Bonchev–Trinajstić information content (AvgIpc) is 2.69. The van der Waals surface area contributed by atoms with Gasteiger partial charge in [-0.1, -0.05) is 0 Å². The second-order valence-electron chi connectivity index (χ2n) is 4.57. The molecule has 1 aromatic carbocycles. The predicted molar refractivity (Wildman–Crippen MR) is 66.9 cm³/mol. The van der Waals surface area contributed by atoms with Crippen molar-refractivity contribution in [2.45, 2.75) is 26.2 Å². The van der Waals surface area contributed by atoms with Gasteiger partial charge in [0, 0.05) is 18.8 Å². The molecule has 84 valence electrons. The molecule has 1 N–H and O–H groups in total. The van der Waals surface area contributed by atoms with Crippen LogP contribution < -0.4 is 4.90 Å². The van der Waals surface area contributed by atoms with E-state index in [1.165, 1.54) is 38.0 Å². The number of anilines is 1. The van der Waals surface area contributed by atoms with E-state index in [1.807, 2.05) is 6.92 Å². The average molecular weight is 215 g/mol. The fraction of sp³-hybridized carbons (Fsp3) is 0.462. The number of hydrogen-bond acceptors (Lipinski definition) is 2. The molecule has 1 aromatic heterocycles. The van der Waals surface area contributed by atoms with Gasteiger partial charge in [-0.25, -0.2) is 4.98 Å². The molecule has 16 heavy (non-hydrogen) atoms. The highest BCUT2D eigenvalue weighted by atomic mass is 15.1. The molecule has 3 nitrogen and oxygen atoms in total. The first-order chi connectivity index (χ1) is 7.83. The minimum absolute atomic E-state index is 0.991. The maximum absolute atomic E-state index is 4.43. The molecule has 0 bridgehead atoms. The van der Waals surface area contributed by atoms with Gasteiger partial charge in [-0.15, -0.1) is 0 Å². The third-order valence-corrected chi connectivity index (χ3v) is 3.31. The molecule has 1 aliphatic rings. The number of rotatable bonds is 1. The molecular weight excluding hydrogens is 198 g/mol. The zero-order valence-electron chi connectivity index (χ0n) is 9.66. The Morgan fingerprint density at radius 3 is 2.81 bits per heavy atom. The van der Waals surface area contributed by atoms with Crippen LogP contribution in [0, 0.1) is 6.92 Å². The van der Waals surface area contributed by atoms with Gasteiger partial charge in [0.2, 0.25) is 0 Å². The smallest absolute Gasteiger partial charge is 0.104 e. The summed E-state index contributed by atoms with van der Waals surface area (Å²) in [4.78, 5) is 10.2. The van der Waals surface area contributed by atoms with E-state index in [1.54, 1.807) is 0 Å². The largest absolute Gasteiger partial charge is 0.371 e. The Balaban J connectivity index is 1.97. The number of aryl methyl sites for hydroxylation is 1. The fourth-order valence-electron chi connectivity index (χ4n) is 2.47. The van der Waals surface area contributed by atoms with Crippen molar-refractivity contribution in [1.29, 1.82) is 0 Å². The topological polar surface area (TPSA) is 31.9 Å². The van der Waals surface area contributed by atoms with Crippen LogP contribution in [0.25, 0.3) is 11.0 Å². The maximum atomic E-state index is 4.43. The van der Waals surface area contributed by atoms with E-state index in [0.717, 1.165) is 16.9 Å². The highest BCUT2D eigenvalue weighted by Gasteiger charge is 2.11. The van der Waals surface area contributed by atoms with E-state index >= 15 is 0 Å².